The molecule has 20 heavy (non-hydrogen) atoms. The Morgan fingerprint density at radius 3 is 2.65 bits per heavy atom. The Labute approximate surface area is 113 Å². The van der Waals surface area contributed by atoms with Crippen LogP contribution in [0.5, 0.6) is 11.5 Å². The van der Waals surface area contributed by atoms with Gasteiger partial charge in [-0.2, -0.15) is 5.10 Å². The van der Waals surface area contributed by atoms with Crippen LogP contribution in [0.4, 0.5) is 13.2 Å². The van der Waals surface area contributed by atoms with Crippen molar-refractivity contribution in [2.45, 2.75) is 26.3 Å². The van der Waals surface area contributed by atoms with Crippen molar-refractivity contribution in [3.05, 3.63) is 30.6 Å². The fourth-order valence-corrected chi connectivity index (χ4v) is 1.77. The number of hydrogen-bond acceptors (Lipinski definition) is 3. The van der Waals surface area contributed by atoms with Gasteiger partial charge in [0.15, 0.2) is 11.5 Å². The highest BCUT2D eigenvalue weighted by Crippen LogP contribution is 2.34. The maximum atomic E-state index is 12.1. The van der Waals surface area contributed by atoms with E-state index in [1.165, 1.54) is 12.1 Å². The summed E-state index contributed by atoms with van der Waals surface area (Å²) in [5, 5.41) is 13.7. The zero-order valence-corrected chi connectivity index (χ0v) is 10.7. The Hall–Kier alpha value is -2.18. The molecule has 1 heterocycles. The predicted octanol–water partition coefficient (Wildman–Crippen LogP) is 3.56. The van der Waals surface area contributed by atoms with Gasteiger partial charge in [0.25, 0.3) is 0 Å². The fourth-order valence-electron chi connectivity index (χ4n) is 1.77. The number of aryl methyl sites for hydroxylation is 1. The number of aromatic nitrogens is 2. The van der Waals surface area contributed by atoms with Crippen LogP contribution >= 0.6 is 0 Å². The molecule has 0 saturated carbocycles. The first-order chi connectivity index (χ1) is 9.39. The monoisotopic (exact) mass is 286 g/mol. The summed E-state index contributed by atoms with van der Waals surface area (Å²) in [5.74, 6) is -1.19. The predicted molar refractivity (Wildman–Crippen MR) is 66.3 cm³/mol. The Bertz CT molecular complexity index is 594. The molecule has 0 fully saturated rings. The van der Waals surface area contributed by atoms with Crippen LogP contribution in [0.2, 0.25) is 0 Å². The Morgan fingerprint density at radius 2 is 2.05 bits per heavy atom. The van der Waals surface area contributed by atoms with E-state index in [1.54, 1.807) is 17.1 Å². The van der Waals surface area contributed by atoms with E-state index < -0.39 is 17.9 Å². The molecule has 7 heteroatoms. The van der Waals surface area contributed by atoms with E-state index in [2.05, 4.69) is 9.84 Å². The van der Waals surface area contributed by atoms with Gasteiger partial charge in [-0.15, -0.1) is 13.2 Å². The molecule has 1 aromatic carbocycles. The van der Waals surface area contributed by atoms with Crippen molar-refractivity contribution in [1.29, 1.82) is 0 Å². The van der Waals surface area contributed by atoms with E-state index in [0.717, 1.165) is 19.0 Å². The first-order valence-corrected chi connectivity index (χ1v) is 6.00. The van der Waals surface area contributed by atoms with Crippen molar-refractivity contribution in [2.75, 3.05) is 0 Å². The number of aromatic hydroxyl groups is 1. The minimum absolute atomic E-state index is 0.567. The summed E-state index contributed by atoms with van der Waals surface area (Å²) in [6.07, 6.45) is -0.549. The van der Waals surface area contributed by atoms with E-state index in [-0.39, 0.29) is 0 Å². The minimum Gasteiger partial charge on any atom is -0.504 e. The van der Waals surface area contributed by atoms with Crippen molar-refractivity contribution in [3.8, 4) is 22.6 Å². The molecule has 0 aliphatic carbocycles. The van der Waals surface area contributed by atoms with Crippen LogP contribution in [0.15, 0.2) is 30.6 Å². The molecule has 0 spiro atoms. The van der Waals surface area contributed by atoms with Gasteiger partial charge in [-0.05, 0) is 24.1 Å². The molecule has 2 rings (SSSR count). The van der Waals surface area contributed by atoms with E-state index in [4.69, 9.17) is 0 Å². The number of nitrogens with zero attached hydrogens (tertiary/aromatic N) is 2. The molecule has 1 N–H and O–H groups in total. The molecule has 108 valence electrons. The molecule has 0 saturated heterocycles. The van der Waals surface area contributed by atoms with Gasteiger partial charge < -0.3 is 9.84 Å². The molecular weight excluding hydrogens is 273 g/mol. The summed E-state index contributed by atoms with van der Waals surface area (Å²) in [6, 6.07) is 3.73. The third-order valence-electron chi connectivity index (χ3n) is 2.60. The fraction of sp³-hybridized carbons (Fsp3) is 0.308. The Morgan fingerprint density at radius 1 is 1.30 bits per heavy atom. The van der Waals surface area contributed by atoms with Gasteiger partial charge >= 0.3 is 6.36 Å². The zero-order valence-electron chi connectivity index (χ0n) is 10.7. The highest BCUT2D eigenvalue weighted by Gasteiger charge is 2.32. The van der Waals surface area contributed by atoms with E-state index >= 15 is 0 Å². The summed E-state index contributed by atoms with van der Waals surface area (Å²) >= 11 is 0. The van der Waals surface area contributed by atoms with E-state index in [9.17, 15) is 18.3 Å². The number of phenols is 1. The van der Waals surface area contributed by atoms with Crippen LogP contribution in [0, 0.1) is 0 Å². The molecule has 1 aromatic heterocycles. The van der Waals surface area contributed by atoms with Crippen LogP contribution in [0.3, 0.4) is 0 Å². The van der Waals surface area contributed by atoms with Gasteiger partial charge in [0.05, 0.1) is 6.20 Å². The number of alkyl halides is 3. The number of benzene rings is 1. The normalized spacial score (nSPS) is 11.6. The van der Waals surface area contributed by atoms with E-state index in [0.29, 0.717) is 11.1 Å². The van der Waals surface area contributed by atoms with Crippen LogP contribution in [0.25, 0.3) is 11.1 Å². The van der Waals surface area contributed by atoms with Gasteiger partial charge in [-0.1, -0.05) is 13.0 Å². The molecule has 0 bridgehead atoms. The lowest BCUT2D eigenvalue weighted by Gasteiger charge is -2.10. The minimum atomic E-state index is -4.83. The number of rotatable bonds is 4. The lowest BCUT2D eigenvalue weighted by Crippen LogP contribution is -2.17. The quantitative estimate of drug-likeness (QED) is 0.934. The van der Waals surface area contributed by atoms with Gasteiger partial charge in [0, 0.05) is 18.3 Å². The molecule has 0 aliphatic heterocycles. The lowest BCUT2D eigenvalue weighted by molar-refractivity contribution is -0.275. The van der Waals surface area contributed by atoms with Crippen molar-refractivity contribution < 1.29 is 23.0 Å². The van der Waals surface area contributed by atoms with Gasteiger partial charge in [0.1, 0.15) is 0 Å². The largest absolute Gasteiger partial charge is 0.573 e. The smallest absolute Gasteiger partial charge is 0.504 e. The maximum Gasteiger partial charge on any atom is 0.573 e. The highest BCUT2D eigenvalue weighted by molar-refractivity contribution is 5.65. The number of hydrogen-bond donors (Lipinski definition) is 1. The molecule has 0 aliphatic rings. The Balaban J connectivity index is 2.23. The summed E-state index contributed by atoms with van der Waals surface area (Å²) in [6.45, 7) is 2.76. The second-order valence-electron chi connectivity index (χ2n) is 4.22. The third-order valence-corrected chi connectivity index (χ3v) is 2.60. The Kier molecular flexibility index (Phi) is 3.87. The molecular formula is C13H13F3N2O2. The first-order valence-electron chi connectivity index (χ1n) is 6.00. The topological polar surface area (TPSA) is 47.3 Å². The maximum absolute atomic E-state index is 12.1. The molecule has 0 radical (unpaired) electrons. The average Bonchev–Trinajstić information content (AvgIpc) is 2.79. The summed E-state index contributed by atoms with van der Waals surface area (Å²) in [7, 11) is 0. The molecule has 4 nitrogen and oxygen atoms in total. The second kappa shape index (κ2) is 5.44. The van der Waals surface area contributed by atoms with Crippen LogP contribution in [0.1, 0.15) is 13.3 Å². The number of halogens is 3. The van der Waals surface area contributed by atoms with E-state index in [1.807, 2.05) is 6.92 Å². The summed E-state index contributed by atoms with van der Waals surface area (Å²) in [4.78, 5) is 0. The number of phenolic OH excluding ortho intramolecular Hbond substituents is 1. The molecule has 0 atom stereocenters. The second-order valence-corrected chi connectivity index (χ2v) is 4.22. The van der Waals surface area contributed by atoms with Crippen LogP contribution in [-0.4, -0.2) is 21.2 Å². The third kappa shape index (κ3) is 3.43. The van der Waals surface area contributed by atoms with Gasteiger partial charge in [-0.3, -0.25) is 4.68 Å². The van der Waals surface area contributed by atoms with Crippen molar-refractivity contribution in [1.82, 2.24) is 9.78 Å². The standard InChI is InChI=1S/C13H13F3N2O2/c1-2-5-18-8-10(7-17-18)9-3-4-12(11(19)6-9)20-13(14,15)16/h3-4,6-8,19H,2,5H2,1H3. The molecule has 0 unspecified atom stereocenters. The van der Waals surface area contributed by atoms with Gasteiger partial charge in [-0.25, -0.2) is 0 Å². The van der Waals surface area contributed by atoms with Crippen molar-refractivity contribution in [2.24, 2.45) is 0 Å². The van der Waals surface area contributed by atoms with Crippen LogP contribution in [-0.2, 0) is 6.54 Å². The lowest BCUT2D eigenvalue weighted by atomic mass is 10.1. The van der Waals surface area contributed by atoms with Crippen molar-refractivity contribution in [3.63, 3.8) is 0 Å². The highest BCUT2D eigenvalue weighted by atomic mass is 19.4. The van der Waals surface area contributed by atoms with Gasteiger partial charge in [0.2, 0.25) is 0 Å². The average molecular weight is 286 g/mol. The zero-order chi connectivity index (χ0) is 14.8. The first kappa shape index (κ1) is 14.2. The molecule has 0 amide bonds. The van der Waals surface area contributed by atoms with Crippen molar-refractivity contribution >= 4 is 0 Å². The molecule has 2 aromatic rings. The summed E-state index contributed by atoms with van der Waals surface area (Å²) < 4.78 is 41.7. The SMILES string of the molecule is CCCn1cc(-c2ccc(OC(F)(F)F)c(O)c2)cn1. The van der Waals surface area contributed by atoms with Crippen LogP contribution < -0.4 is 4.74 Å². The number of ether oxygens (including phenoxy) is 1. The summed E-state index contributed by atoms with van der Waals surface area (Å²) in [5.41, 5.74) is 1.28.